The van der Waals surface area contributed by atoms with Gasteiger partial charge < -0.3 is 15.0 Å². The lowest BCUT2D eigenvalue weighted by Gasteiger charge is -2.38. The van der Waals surface area contributed by atoms with Crippen LogP contribution in [-0.4, -0.2) is 49.2 Å². The quantitative estimate of drug-likeness (QED) is 0.553. The molecule has 1 heterocycles. The summed E-state index contributed by atoms with van der Waals surface area (Å²) in [6.45, 7) is 11.3. The van der Waals surface area contributed by atoms with Gasteiger partial charge in [0.25, 0.3) is 0 Å². The summed E-state index contributed by atoms with van der Waals surface area (Å²) in [6, 6.07) is 0.694. The zero-order chi connectivity index (χ0) is 15.9. The van der Waals surface area contributed by atoms with Crippen LogP contribution in [0.25, 0.3) is 0 Å². The van der Waals surface area contributed by atoms with Crippen molar-refractivity contribution in [2.75, 3.05) is 26.7 Å². The number of likely N-dealkylation sites (N-methyl/N-ethyl adjacent to an activating group) is 1. The van der Waals surface area contributed by atoms with Crippen LogP contribution in [0.5, 0.6) is 0 Å². The molecule has 0 radical (unpaired) electrons. The third kappa shape index (κ3) is 5.26. The Bertz CT molecular complexity index is 322. The molecule has 0 aromatic rings. The average molecular weight is 298 g/mol. The van der Waals surface area contributed by atoms with E-state index in [0.717, 1.165) is 31.7 Å². The Hall–Kier alpha value is -0.610. The summed E-state index contributed by atoms with van der Waals surface area (Å²) in [5, 5.41) is 3.13. The fourth-order valence-electron chi connectivity index (χ4n) is 3.15. The van der Waals surface area contributed by atoms with E-state index in [9.17, 15) is 4.79 Å². The minimum atomic E-state index is -0.545. The van der Waals surface area contributed by atoms with E-state index >= 15 is 0 Å². The number of unbranched alkanes of at least 4 members (excludes halogenated alkanes) is 1. The molecule has 3 atom stereocenters. The molecular formula is C17H34N2O2. The summed E-state index contributed by atoms with van der Waals surface area (Å²) in [5.74, 6) is 0.674. The molecule has 1 N–H and O–H groups in total. The maximum Gasteiger partial charge on any atom is 0.326 e. The van der Waals surface area contributed by atoms with Gasteiger partial charge in [0.05, 0.1) is 6.61 Å². The van der Waals surface area contributed by atoms with Gasteiger partial charge in [-0.05, 0) is 78.9 Å². The van der Waals surface area contributed by atoms with Crippen LogP contribution in [0.3, 0.4) is 0 Å². The number of nitrogens with one attached hydrogen (secondary N) is 1. The Balaban J connectivity index is 2.33. The fourth-order valence-corrected chi connectivity index (χ4v) is 3.15. The van der Waals surface area contributed by atoms with Gasteiger partial charge in [0, 0.05) is 6.04 Å². The highest BCUT2D eigenvalue weighted by Crippen LogP contribution is 2.23. The highest BCUT2D eigenvalue weighted by atomic mass is 16.5. The number of esters is 1. The number of nitrogens with zero attached hydrogens (tertiary/aromatic N) is 1. The molecule has 0 aliphatic carbocycles. The van der Waals surface area contributed by atoms with Gasteiger partial charge >= 0.3 is 5.97 Å². The van der Waals surface area contributed by atoms with Crippen molar-refractivity contribution in [3.63, 3.8) is 0 Å². The maximum atomic E-state index is 12.0. The van der Waals surface area contributed by atoms with Crippen molar-refractivity contribution in [1.29, 1.82) is 0 Å². The van der Waals surface area contributed by atoms with Gasteiger partial charge in [-0.15, -0.1) is 0 Å². The van der Waals surface area contributed by atoms with Crippen molar-refractivity contribution < 1.29 is 9.53 Å². The van der Waals surface area contributed by atoms with E-state index in [1.807, 2.05) is 20.9 Å². The molecule has 0 amide bonds. The second kappa shape index (κ2) is 8.74. The van der Waals surface area contributed by atoms with E-state index in [4.69, 9.17) is 4.74 Å². The molecule has 124 valence electrons. The summed E-state index contributed by atoms with van der Waals surface area (Å²) in [5.41, 5.74) is -0.545. The van der Waals surface area contributed by atoms with E-state index in [-0.39, 0.29) is 5.97 Å². The highest BCUT2D eigenvalue weighted by Gasteiger charge is 2.32. The highest BCUT2D eigenvalue weighted by molar-refractivity contribution is 5.80. The van der Waals surface area contributed by atoms with Gasteiger partial charge in [-0.3, -0.25) is 4.79 Å². The molecule has 21 heavy (non-hydrogen) atoms. The SMILES string of the molecule is CCOC(=O)C(C)(CCCCN1CCCC(C)C1C)NC. The van der Waals surface area contributed by atoms with Crippen LogP contribution in [0.1, 0.15) is 59.8 Å². The van der Waals surface area contributed by atoms with Gasteiger partial charge in [-0.25, -0.2) is 0 Å². The number of ether oxygens (including phenoxy) is 1. The average Bonchev–Trinajstić information content (AvgIpc) is 2.47. The maximum absolute atomic E-state index is 12.0. The molecule has 4 nitrogen and oxygen atoms in total. The van der Waals surface area contributed by atoms with Crippen molar-refractivity contribution in [2.45, 2.75) is 71.4 Å². The van der Waals surface area contributed by atoms with Crippen molar-refractivity contribution in [1.82, 2.24) is 10.2 Å². The van der Waals surface area contributed by atoms with E-state index in [1.54, 1.807) is 0 Å². The summed E-state index contributed by atoms with van der Waals surface area (Å²) in [4.78, 5) is 14.6. The fraction of sp³-hybridized carbons (Fsp3) is 0.941. The minimum absolute atomic E-state index is 0.132. The number of carbonyl (C=O) groups is 1. The first kappa shape index (κ1) is 18.4. The number of likely N-dealkylation sites (tertiary alicyclic amines) is 1. The normalized spacial score (nSPS) is 26.3. The number of carbonyl (C=O) groups excluding carboxylic acids is 1. The molecule has 1 aliphatic heterocycles. The third-order valence-corrected chi connectivity index (χ3v) is 5.15. The van der Waals surface area contributed by atoms with Crippen molar-refractivity contribution in [3.8, 4) is 0 Å². The molecule has 1 fully saturated rings. The molecule has 0 aromatic carbocycles. The van der Waals surface area contributed by atoms with Crippen molar-refractivity contribution in [3.05, 3.63) is 0 Å². The lowest BCUT2D eigenvalue weighted by Crippen LogP contribution is -2.48. The van der Waals surface area contributed by atoms with Gasteiger partial charge in [0.2, 0.25) is 0 Å². The van der Waals surface area contributed by atoms with Crippen LogP contribution in [0.4, 0.5) is 0 Å². The molecular weight excluding hydrogens is 264 g/mol. The topological polar surface area (TPSA) is 41.6 Å². The standard InChI is InChI=1S/C17H34N2O2/c1-6-21-16(20)17(4,18-5)11-7-8-12-19-13-9-10-14(2)15(19)3/h14-15,18H,6-13H2,1-5H3. The van der Waals surface area contributed by atoms with E-state index in [0.29, 0.717) is 12.6 Å². The summed E-state index contributed by atoms with van der Waals surface area (Å²) in [6.07, 6.45) is 5.71. The molecule has 0 aromatic heterocycles. The smallest absolute Gasteiger partial charge is 0.326 e. The Morgan fingerprint density at radius 3 is 2.71 bits per heavy atom. The van der Waals surface area contributed by atoms with Crippen LogP contribution in [-0.2, 0) is 9.53 Å². The zero-order valence-corrected chi connectivity index (χ0v) is 14.6. The first-order valence-electron chi connectivity index (χ1n) is 8.54. The van der Waals surface area contributed by atoms with Crippen LogP contribution in [0.2, 0.25) is 0 Å². The Morgan fingerprint density at radius 1 is 1.38 bits per heavy atom. The predicted octanol–water partition coefficient (Wildman–Crippen LogP) is 2.82. The molecule has 0 bridgehead atoms. The number of hydrogen-bond donors (Lipinski definition) is 1. The number of rotatable bonds is 8. The predicted molar refractivity (Wildman–Crippen MR) is 87.4 cm³/mol. The molecule has 0 saturated carbocycles. The van der Waals surface area contributed by atoms with Gasteiger partial charge in [-0.2, -0.15) is 0 Å². The lowest BCUT2D eigenvalue weighted by atomic mass is 9.91. The van der Waals surface area contributed by atoms with Crippen molar-refractivity contribution in [2.24, 2.45) is 5.92 Å². The molecule has 4 heteroatoms. The van der Waals surface area contributed by atoms with Gasteiger partial charge in [0.1, 0.15) is 5.54 Å². The van der Waals surface area contributed by atoms with Crippen LogP contribution >= 0.6 is 0 Å². The van der Waals surface area contributed by atoms with E-state index in [1.165, 1.54) is 19.4 Å². The summed E-state index contributed by atoms with van der Waals surface area (Å²) in [7, 11) is 1.84. The number of hydrogen-bond acceptors (Lipinski definition) is 4. The first-order valence-corrected chi connectivity index (χ1v) is 8.54. The molecule has 0 spiro atoms. The van der Waals surface area contributed by atoms with Crippen LogP contribution in [0.15, 0.2) is 0 Å². The summed E-state index contributed by atoms with van der Waals surface area (Å²) < 4.78 is 5.16. The van der Waals surface area contributed by atoms with Gasteiger partial charge in [0.15, 0.2) is 0 Å². The number of piperidine rings is 1. The van der Waals surface area contributed by atoms with Gasteiger partial charge in [-0.1, -0.05) is 6.92 Å². The minimum Gasteiger partial charge on any atom is -0.465 e. The van der Waals surface area contributed by atoms with E-state index < -0.39 is 5.54 Å². The monoisotopic (exact) mass is 298 g/mol. The second-order valence-corrected chi connectivity index (χ2v) is 6.66. The molecule has 1 aliphatic rings. The third-order valence-electron chi connectivity index (χ3n) is 5.15. The Morgan fingerprint density at radius 2 is 2.10 bits per heavy atom. The van der Waals surface area contributed by atoms with Crippen LogP contribution < -0.4 is 5.32 Å². The lowest BCUT2D eigenvalue weighted by molar-refractivity contribution is -0.150. The Kier molecular flexibility index (Phi) is 7.67. The first-order chi connectivity index (χ1) is 9.94. The van der Waals surface area contributed by atoms with E-state index in [2.05, 4.69) is 24.1 Å². The largest absolute Gasteiger partial charge is 0.465 e. The summed E-state index contributed by atoms with van der Waals surface area (Å²) >= 11 is 0. The van der Waals surface area contributed by atoms with Crippen molar-refractivity contribution >= 4 is 5.97 Å². The molecule has 1 rings (SSSR count). The molecule has 3 unspecified atom stereocenters. The molecule has 1 saturated heterocycles. The zero-order valence-electron chi connectivity index (χ0n) is 14.6. The second-order valence-electron chi connectivity index (χ2n) is 6.66. The Labute approximate surface area is 130 Å². The van der Waals surface area contributed by atoms with Crippen LogP contribution in [0, 0.1) is 5.92 Å².